The topological polar surface area (TPSA) is 85.2 Å². The molecule has 1 atom stereocenters. The summed E-state index contributed by atoms with van der Waals surface area (Å²) in [5, 5.41) is 0. The zero-order valence-electron chi connectivity index (χ0n) is 7.68. The van der Waals surface area contributed by atoms with E-state index in [-0.39, 0.29) is 11.9 Å². The quantitative estimate of drug-likeness (QED) is 0.675. The lowest BCUT2D eigenvalue weighted by Gasteiger charge is -2.39. The lowest BCUT2D eigenvalue weighted by Crippen LogP contribution is -2.55. The highest BCUT2D eigenvalue weighted by atomic mass is 16.1. The SMILES string of the molecule is NC(=O)C1CCN1c1cccc(N)n1. The number of pyridine rings is 1. The van der Waals surface area contributed by atoms with Crippen LogP contribution in [-0.2, 0) is 4.79 Å². The fraction of sp³-hybridized carbons (Fsp3) is 0.333. The van der Waals surface area contributed by atoms with Gasteiger partial charge in [0.1, 0.15) is 17.7 Å². The third kappa shape index (κ3) is 1.37. The fourth-order valence-electron chi connectivity index (χ4n) is 1.56. The van der Waals surface area contributed by atoms with Gasteiger partial charge in [-0.25, -0.2) is 4.98 Å². The van der Waals surface area contributed by atoms with E-state index in [0.29, 0.717) is 5.82 Å². The molecule has 14 heavy (non-hydrogen) atoms. The minimum absolute atomic E-state index is 0.218. The first-order valence-electron chi connectivity index (χ1n) is 4.47. The molecule has 5 nitrogen and oxygen atoms in total. The Kier molecular flexibility index (Phi) is 1.99. The first-order chi connectivity index (χ1) is 6.68. The third-order valence-electron chi connectivity index (χ3n) is 2.40. The predicted octanol–water partition coefficient (Wildman–Crippen LogP) is -0.272. The number of nitrogen functional groups attached to an aromatic ring is 1. The Morgan fingerprint density at radius 1 is 1.57 bits per heavy atom. The summed E-state index contributed by atoms with van der Waals surface area (Å²) in [7, 11) is 0. The van der Waals surface area contributed by atoms with Crippen LogP contribution in [0.15, 0.2) is 18.2 Å². The Labute approximate surface area is 81.7 Å². The largest absolute Gasteiger partial charge is 0.384 e. The van der Waals surface area contributed by atoms with Crippen molar-refractivity contribution in [3.05, 3.63) is 18.2 Å². The smallest absolute Gasteiger partial charge is 0.240 e. The van der Waals surface area contributed by atoms with Gasteiger partial charge in [0.25, 0.3) is 0 Å². The lowest BCUT2D eigenvalue weighted by molar-refractivity contribution is -0.120. The van der Waals surface area contributed by atoms with Gasteiger partial charge in [-0.3, -0.25) is 4.79 Å². The highest BCUT2D eigenvalue weighted by Crippen LogP contribution is 2.24. The Hall–Kier alpha value is -1.78. The molecule has 2 heterocycles. The molecule has 1 aliphatic rings. The van der Waals surface area contributed by atoms with Gasteiger partial charge in [-0.05, 0) is 18.6 Å². The maximum Gasteiger partial charge on any atom is 0.240 e. The first-order valence-corrected chi connectivity index (χ1v) is 4.47. The number of nitrogens with two attached hydrogens (primary N) is 2. The maximum atomic E-state index is 11.0. The number of hydrogen-bond donors (Lipinski definition) is 2. The molecular formula is C9H12N4O. The molecule has 1 fully saturated rings. The van der Waals surface area contributed by atoms with Crippen LogP contribution in [-0.4, -0.2) is 23.5 Å². The van der Waals surface area contributed by atoms with Crippen molar-refractivity contribution in [1.82, 2.24) is 4.98 Å². The molecule has 0 radical (unpaired) electrons. The van der Waals surface area contributed by atoms with Gasteiger partial charge in [0.2, 0.25) is 5.91 Å². The molecule has 0 aliphatic carbocycles. The molecule has 0 saturated carbocycles. The van der Waals surface area contributed by atoms with Crippen LogP contribution in [0, 0.1) is 0 Å². The summed E-state index contributed by atoms with van der Waals surface area (Å²) < 4.78 is 0. The number of carbonyl (C=O) groups excluding carboxylic acids is 1. The number of rotatable bonds is 2. The van der Waals surface area contributed by atoms with Crippen LogP contribution in [0.25, 0.3) is 0 Å². The van der Waals surface area contributed by atoms with Crippen LogP contribution in [0.3, 0.4) is 0 Å². The molecule has 2 rings (SSSR count). The molecule has 0 spiro atoms. The van der Waals surface area contributed by atoms with Crippen LogP contribution < -0.4 is 16.4 Å². The standard InChI is InChI=1S/C9H12N4O/c10-7-2-1-3-8(12-7)13-5-4-6(13)9(11)14/h1-3,6H,4-5H2,(H2,10,12)(H2,11,14). The van der Waals surface area contributed by atoms with E-state index >= 15 is 0 Å². The Balaban J connectivity index is 2.20. The molecule has 1 aliphatic heterocycles. The lowest BCUT2D eigenvalue weighted by atomic mass is 10.0. The van der Waals surface area contributed by atoms with Crippen molar-refractivity contribution < 1.29 is 4.79 Å². The highest BCUT2D eigenvalue weighted by molar-refractivity contribution is 5.85. The zero-order valence-corrected chi connectivity index (χ0v) is 7.68. The van der Waals surface area contributed by atoms with Crippen LogP contribution in [0.5, 0.6) is 0 Å². The van der Waals surface area contributed by atoms with Crippen LogP contribution in [0.1, 0.15) is 6.42 Å². The van der Waals surface area contributed by atoms with E-state index < -0.39 is 0 Å². The number of nitrogens with zero attached hydrogens (tertiary/aromatic N) is 2. The van der Waals surface area contributed by atoms with Gasteiger partial charge in [-0.2, -0.15) is 0 Å². The summed E-state index contributed by atoms with van der Waals surface area (Å²) in [4.78, 5) is 17.0. The van der Waals surface area contributed by atoms with Gasteiger partial charge < -0.3 is 16.4 Å². The van der Waals surface area contributed by atoms with E-state index in [0.717, 1.165) is 18.8 Å². The monoisotopic (exact) mass is 192 g/mol. The van der Waals surface area contributed by atoms with Crippen molar-refractivity contribution in [3.63, 3.8) is 0 Å². The van der Waals surface area contributed by atoms with E-state index in [1.54, 1.807) is 6.07 Å². The van der Waals surface area contributed by atoms with Gasteiger partial charge in [-0.1, -0.05) is 6.07 Å². The second-order valence-electron chi connectivity index (χ2n) is 3.32. The summed E-state index contributed by atoms with van der Waals surface area (Å²) in [6, 6.07) is 5.13. The molecule has 1 amide bonds. The van der Waals surface area contributed by atoms with Gasteiger partial charge in [0, 0.05) is 6.54 Å². The average molecular weight is 192 g/mol. The molecule has 4 N–H and O–H groups in total. The second-order valence-corrected chi connectivity index (χ2v) is 3.32. The van der Waals surface area contributed by atoms with Crippen LogP contribution >= 0.6 is 0 Å². The minimum atomic E-state index is -0.305. The van der Waals surface area contributed by atoms with Gasteiger partial charge in [0.05, 0.1) is 0 Å². The van der Waals surface area contributed by atoms with Crippen molar-refractivity contribution in [2.24, 2.45) is 5.73 Å². The molecule has 1 aromatic heterocycles. The summed E-state index contributed by atoms with van der Waals surface area (Å²) in [6.07, 6.45) is 0.797. The van der Waals surface area contributed by atoms with Gasteiger partial charge in [0.15, 0.2) is 0 Å². The van der Waals surface area contributed by atoms with Crippen molar-refractivity contribution in [3.8, 4) is 0 Å². The number of carbonyl (C=O) groups is 1. The predicted molar refractivity (Wildman–Crippen MR) is 53.6 cm³/mol. The summed E-state index contributed by atoms with van der Waals surface area (Å²) >= 11 is 0. The molecule has 1 saturated heterocycles. The van der Waals surface area contributed by atoms with Crippen molar-refractivity contribution in [1.29, 1.82) is 0 Å². The van der Waals surface area contributed by atoms with Gasteiger partial charge >= 0.3 is 0 Å². The number of hydrogen-bond acceptors (Lipinski definition) is 4. The maximum absolute atomic E-state index is 11.0. The summed E-state index contributed by atoms with van der Waals surface area (Å²) in [5.74, 6) is 0.873. The summed E-state index contributed by atoms with van der Waals surface area (Å²) in [5.41, 5.74) is 10.8. The van der Waals surface area contributed by atoms with Crippen LogP contribution in [0.2, 0.25) is 0 Å². The molecular weight excluding hydrogens is 180 g/mol. The Morgan fingerprint density at radius 2 is 2.36 bits per heavy atom. The van der Waals surface area contributed by atoms with Crippen molar-refractivity contribution in [2.45, 2.75) is 12.5 Å². The number of amides is 1. The van der Waals surface area contributed by atoms with E-state index in [9.17, 15) is 4.79 Å². The van der Waals surface area contributed by atoms with Crippen LogP contribution in [0.4, 0.5) is 11.6 Å². The van der Waals surface area contributed by atoms with Crippen molar-refractivity contribution in [2.75, 3.05) is 17.2 Å². The minimum Gasteiger partial charge on any atom is -0.384 e. The molecule has 74 valence electrons. The Bertz CT molecular complexity index is 366. The van der Waals surface area contributed by atoms with Crippen molar-refractivity contribution >= 4 is 17.5 Å². The average Bonchev–Trinajstić information content (AvgIpc) is 2.00. The third-order valence-corrected chi connectivity index (χ3v) is 2.40. The van der Waals surface area contributed by atoms with E-state index in [1.807, 2.05) is 17.0 Å². The van der Waals surface area contributed by atoms with E-state index in [1.165, 1.54) is 0 Å². The molecule has 1 aromatic rings. The summed E-state index contributed by atoms with van der Waals surface area (Å²) in [6.45, 7) is 0.810. The van der Waals surface area contributed by atoms with E-state index in [2.05, 4.69) is 4.98 Å². The fourth-order valence-corrected chi connectivity index (χ4v) is 1.56. The first kappa shape index (κ1) is 8.80. The number of primary amides is 1. The molecule has 0 aromatic carbocycles. The number of aromatic nitrogens is 1. The highest BCUT2D eigenvalue weighted by Gasteiger charge is 2.33. The Morgan fingerprint density at radius 3 is 2.86 bits per heavy atom. The molecule has 0 bridgehead atoms. The van der Waals surface area contributed by atoms with Gasteiger partial charge in [-0.15, -0.1) is 0 Å². The second kappa shape index (κ2) is 3.17. The zero-order chi connectivity index (χ0) is 10.1. The van der Waals surface area contributed by atoms with E-state index in [4.69, 9.17) is 11.5 Å². The number of anilines is 2. The molecule has 1 unspecified atom stereocenters. The molecule has 5 heteroatoms. The normalized spacial score (nSPS) is 20.3.